The molecule has 0 spiro atoms. The third kappa shape index (κ3) is 3.30. The molecule has 3 heteroatoms. The molecule has 0 saturated carbocycles. The van der Waals surface area contributed by atoms with E-state index in [9.17, 15) is 0 Å². The zero-order valence-electron chi connectivity index (χ0n) is 14.9. The average molecular weight is 321 g/mol. The highest BCUT2D eigenvalue weighted by atomic mass is 32.3. The van der Waals surface area contributed by atoms with Crippen molar-refractivity contribution in [3.8, 4) is 11.3 Å². The van der Waals surface area contributed by atoms with E-state index >= 15 is 0 Å². The van der Waals surface area contributed by atoms with Crippen LogP contribution < -0.4 is 5.59 Å². The van der Waals surface area contributed by atoms with Gasteiger partial charge in [-0.25, -0.2) is 10.0 Å². The third-order valence-electron chi connectivity index (χ3n) is 4.13. The Balaban J connectivity index is 2.29. The van der Waals surface area contributed by atoms with Crippen LogP contribution in [0.4, 0.5) is 0 Å². The maximum atomic E-state index is 4.85. The van der Waals surface area contributed by atoms with Crippen LogP contribution in [0.5, 0.6) is 0 Å². The average Bonchev–Trinajstić information content (AvgIpc) is 2.43. The Morgan fingerprint density at radius 3 is 2.13 bits per heavy atom. The second-order valence-corrected chi connectivity index (χ2v) is 11.4. The van der Waals surface area contributed by atoms with Gasteiger partial charge in [0.25, 0.3) is 0 Å². The lowest BCUT2D eigenvalue weighted by molar-refractivity contribution is 1.35. The largest absolute Gasteiger partial charge is 0.263 e. The van der Waals surface area contributed by atoms with Gasteiger partial charge in [-0.05, 0) is 78.8 Å². The summed E-state index contributed by atoms with van der Waals surface area (Å²) in [6.07, 6.45) is 7.02. The second kappa shape index (κ2) is 5.72. The maximum Gasteiger partial charge on any atom is 0.163 e. The van der Waals surface area contributed by atoms with Gasteiger partial charge in [-0.15, -0.1) is 0 Å². The Kier molecular flexibility index (Phi) is 4.01. The molecule has 0 saturated heterocycles. The standard InChI is InChI=1S/C20H24BNS/c1-13-8-14(2)10-16(9-13)20-18-7-6-17(23(3,4)5)11-15(18)12-19(21)22-20/h6-12H,21H2,1-5H3. The SMILES string of the molecule is Bc1cc2cc(S(C)(C)C)ccc2c(-c2cc(C)cc(C)c2)n1. The van der Waals surface area contributed by atoms with Crippen LogP contribution in [-0.2, 0) is 0 Å². The molecule has 23 heavy (non-hydrogen) atoms. The summed E-state index contributed by atoms with van der Waals surface area (Å²) in [7, 11) is 1.37. The van der Waals surface area contributed by atoms with Crippen molar-refractivity contribution in [2.45, 2.75) is 18.7 Å². The number of pyridine rings is 1. The molecule has 0 aliphatic carbocycles. The molecule has 1 aromatic heterocycles. The minimum Gasteiger partial charge on any atom is -0.263 e. The fraction of sp³-hybridized carbons (Fsp3) is 0.250. The Labute approximate surface area is 141 Å². The molecule has 118 valence electrons. The van der Waals surface area contributed by atoms with E-state index in [1.54, 1.807) is 0 Å². The van der Waals surface area contributed by atoms with Crippen molar-refractivity contribution in [1.82, 2.24) is 4.98 Å². The highest BCUT2D eigenvalue weighted by Crippen LogP contribution is 2.46. The number of rotatable bonds is 2. The first-order valence-corrected chi connectivity index (χ1v) is 10.8. The van der Waals surface area contributed by atoms with Gasteiger partial charge in [0.15, 0.2) is 7.85 Å². The van der Waals surface area contributed by atoms with Crippen LogP contribution in [-0.4, -0.2) is 31.6 Å². The summed E-state index contributed by atoms with van der Waals surface area (Å²) in [4.78, 5) is 6.30. The maximum absolute atomic E-state index is 4.85. The highest BCUT2D eigenvalue weighted by molar-refractivity contribution is 8.32. The first-order chi connectivity index (χ1) is 10.7. The third-order valence-corrected chi connectivity index (χ3v) is 5.80. The first kappa shape index (κ1) is 16.1. The van der Waals surface area contributed by atoms with E-state index in [1.807, 2.05) is 0 Å². The van der Waals surface area contributed by atoms with Gasteiger partial charge in [-0.3, -0.25) is 4.98 Å². The minimum absolute atomic E-state index is 0.718. The zero-order chi connectivity index (χ0) is 16.8. The minimum atomic E-state index is -0.718. The Bertz CT molecular complexity index is 874. The van der Waals surface area contributed by atoms with E-state index in [4.69, 9.17) is 4.98 Å². The van der Waals surface area contributed by atoms with Crippen molar-refractivity contribution in [2.24, 2.45) is 0 Å². The lowest BCUT2D eigenvalue weighted by Gasteiger charge is -2.26. The summed E-state index contributed by atoms with van der Waals surface area (Å²) in [5, 5.41) is 2.54. The molecule has 2 aromatic carbocycles. The van der Waals surface area contributed by atoms with Crippen molar-refractivity contribution >= 4 is 34.2 Å². The van der Waals surface area contributed by atoms with Gasteiger partial charge in [0.2, 0.25) is 0 Å². The molecular weight excluding hydrogens is 297 g/mol. The summed E-state index contributed by atoms with van der Waals surface area (Å²) < 4.78 is 0. The van der Waals surface area contributed by atoms with Crippen molar-refractivity contribution in [2.75, 3.05) is 18.8 Å². The van der Waals surface area contributed by atoms with Crippen LogP contribution >= 0.6 is 10.0 Å². The Hall–Kier alpha value is -1.74. The zero-order valence-corrected chi connectivity index (χ0v) is 15.7. The first-order valence-electron chi connectivity index (χ1n) is 7.92. The van der Waals surface area contributed by atoms with Gasteiger partial charge in [0.05, 0.1) is 5.69 Å². The van der Waals surface area contributed by atoms with Crippen LogP contribution in [0.15, 0.2) is 47.4 Å². The number of benzene rings is 2. The molecule has 0 atom stereocenters. The lowest BCUT2D eigenvalue weighted by atomic mass is 9.95. The summed E-state index contributed by atoms with van der Waals surface area (Å²) >= 11 is 0. The monoisotopic (exact) mass is 321 g/mol. The molecule has 3 aromatic rings. The van der Waals surface area contributed by atoms with Gasteiger partial charge in [0.1, 0.15) is 0 Å². The number of fused-ring (bicyclic) bond motifs is 1. The Morgan fingerprint density at radius 2 is 1.52 bits per heavy atom. The predicted octanol–water partition coefficient (Wildman–Crippen LogP) is 3.83. The van der Waals surface area contributed by atoms with E-state index < -0.39 is 10.0 Å². The van der Waals surface area contributed by atoms with Crippen LogP contribution in [0.25, 0.3) is 22.0 Å². The van der Waals surface area contributed by atoms with Gasteiger partial charge >= 0.3 is 0 Å². The summed E-state index contributed by atoms with van der Waals surface area (Å²) in [5.41, 5.74) is 5.96. The topological polar surface area (TPSA) is 12.9 Å². The Morgan fingerprint density at radius 1 is 0.870 bits per heavy atom. The summed E-state index contributed by atoms with van der Waals surface area (Å²) in [6.45, 7) is 4.30. The van der Waals surface area contributed by atoms with Crippen molar-refractivity contribution in [1.29, 1.82) is 0 Å². The molecule has 0 radical (unpaired) electrons. The normalized spacial score (nSPS) is 12.6. The number of aryl methyl sites for hydroxylation is 2. The summed E-state index contributed by atoms with van der Waals surface area (Å²) in [6, 6.07) is 15.8. The quantitative estimate of drug-likeness (QED) is 0.654. The smallest absolute Gasteiger partial charge is 0.163 e. The molecule has 0 unspecified atom stereocenters. The van der Waals surface area contributed by atoms with E-state index in [2.05, 4.69) is 82.9 Å². The van der Waals surface area contributed by atoms with Crippen LogP contribution in [0, 0.1) is 13.8 Å². The molecule has 3 rings (SSSR count). The fourth-order valence-corrected chi connectivity index (χ4v) is 4.04. The molecule has 0 fully saturated rings. The van der Waals surface area contributed by atoms with E-state index in [0.717, 1.165) is 11.3 Å². The molecule has 0 amide bonds. The molecule has 0 aliphatic rings. The number of hydrogen-bond acceptors (Lipinski definition) is 1. The van der Waals surface area contributed by atoms with E-state index in [1.165, 1.54) is 32.4 Å². The van der Waals surface area contributed by atoms with Crippen LogP contribution in [0.3, 0.4) is 0 Å². The number of hydrogen-bond donors (Lipinski definition) is 0. The summed E-state index contributed by atoms with van der Waals surface area (Å²) in [5.74, 6) is 0. The number of aromatic nitrogens is 1. The van der Waals surface area contributed by atoms with Gasteiger partial charge in [-0.1, -0.05) is 23.3 Å². The molecule has 1 nitrogen and oxygen atoms in total. The molecule has 1 heterocycles. The van der Waals surface area contributed by atoms with Crippen molar-refractivity contribution < 1.29 is 0 Å². The van der Waals surface area contributed by atoms with Gasteiger partial charge in [-0.2, -0.15) is 0 Å². The van der Waals surface area contributed by atoms with Gasteiger partial charge in [0, 0.05) is 10.9 Å². The molecule has 0 bridgehead atoms. The highest BCUT2D eigenvalue weighted by Gasteiger charge is 2.12. The van der Waals surface area contributed by atoms with Crippen LogP contribution in [0.2, 0.25) is 0 Å². The second-order valence-electron chi connectivity index (χ2n) is 7.21. The fourth-order valence-electron chi connectivity index (χ4n) is 3.08. The lowest BCUT2D eigenvalue weighted by Crippen LogP contribution is -2.09. The predicted molar refractivity (Wildman–Crippen MR) is 108 cm³/mol. The van der Waals surface area contributed by atoms with E-state index in [0.29, 0.717) is 0 Å². The molecule has 0 aliphatic heterocycles. The van der Waals surface area contributed by atoms with E-state index in [-0.39, 0.29) is 0 Å². The van der Waals surface area contributed by atoms with Crippen LogP contribution in [0.1, 0.15) is 11.1 Å². The number of nitrogens with zero attached hydrogens (tertiary/aromatic N) is 1. The van der Waals surface area contributed by atoms with Gasteiger partial charge < -0.3 is 0 Å². The molecule has 0 N–H and O–H groups in total. The molecular formula is C20H24BNS. The van der Waals surface area contributed by atoms with Crippen molar-refractivity contribution in [3.05, 3.63) is 53.6 Å². The van der Waals surface area contributed by atoms with Crippen molar-refractivity contribution in [3.63, 3.8) is 0 Å².